The first-order valence-corrected chi connectivity index (χ1v) is 6.21. The third-order valence-corrected chi connectivity index (χ3v) is 3.47. The Balaban J connectivity index is 1.78. The zero-order valence-electron chi connectivity index (χ0n) is 9.93. The van der Waals surface area contributed by atoms with Gasteiger partial charge < -0.3 is 5.32 Å². The first kappa shape index (κ1) is 11.6. The van der Waals surface area contributed by atoms with Crippen molar-refractivity contribution >= 4 is 0 Å². The molecule has 0 radical (unpaired) electrons. The van der Waals surface area contributed by atoms with E-state index in [1.807, 2.05) is 12.1 Å². The van der Waals surface area contributed by atoms with Crippen molar-refractivity contribution in [3.8, 4) is 0 Å². The van der Waals surface area contributed by atoms with Crippen LogP contribution in [0.5, 0.6) is 0 Å². The maximum absolute atomic E-state index is 13.3. The van der Waals surface area contributed by atoms with Gasteiger partial charge in [0.15, 0.2) is 0 Å². The fraction of sp³-hybridized carbons (Fsp3) is 0.571. The van der Waals surface area contributed by atoms with E-state index in [4.69, 9.17) is 0 Å². The maximum Gasteiger partial charge on any atom is 0.126 e. The fourth-order valence-corrected chi connectivity index (χ4v) is 2.38. The van der Waals surface area contributed by atoms with Crippen molar-refractivity contribution in [3.05, 3.63) is 35.1 Å². The summed E-state index contributed by atoms with van der Waals surface area (Å²) in [6, 6.07) is 5.49. The van der Waals surface area contributed by atoms with Crippen molar-refractivity contribution in [2.45, 2.75) is 39.2 Å². The molecule has 1 aliphatic rings. The van der Waals surface area contributed by atoms with E-state index in [-0.39, 0.29) is 5.82 Å². The van der Waals surface area contributed by atoms with Crippen LogP contribution < -0.4 is 5.32 Å². The maximum atomic E-state index is 13.3. The average molecular weight is 221 g/mol. The summed E-state index contributed by atoms with van der Waals surface area (Å²) in [5.74, 6) is 0.746. The lowest BCUT2D eigenvalue weighted by atomic mass is 10.1. The molecule has 0 spiro atoms. The van der Waals surface area contributed by atoms with Crippen molar-refractivity contribution in [1.29, 1.82) is 0 Å². The fourth-order valence-electron chi connectivity index (χ4n) is 2.38. The summed E-state index contributed by atoms with van der Waals surface area (Å²) in [6.45, 7) is 3.66. The van der Waals surface area contributed by atoms with E-state index in [9.17, 15) is 4.39 Å². The second kappa shape index (κ2) is 5.44. The van der Waals surface area contributed by atoms with Gasteiger partial charge in [0.25, 0.3) is 0 Å². The lowest BCUT2D eigenvalue weighted by molar-refractivity contribution is 0.488. The van der Waals surface area contributed by atoms with Crippen LogP contribution in [0.2, 0.25) is 0 Å². The molecule has 1 fully saturated rings. The van der Waals surface area contributed by atoms with Gasteiger partial charge in [-0.05, 0) is 49.4 Å². The molecule has 0 bridgehead atoms. The zero-order valence-corrected chi connectivity index (χ0v) is 9.93. The van der Waals surface area contributed by atoms with Crippen LogP contribution >= 0.6 is 0 Å². The summed E-state index contributed by atoms with van der Waals surface area (Å²) in [6.07, 6.45) is 5.47. The number of hydrogen-bond acceptors (Lipinski definition) is 1. The van der Waals surface area contributed by atoms with Crippen LogP contribution in [-0.4, -0.2) is 6.54 Å². The smallest absolute Gasteiger partial charge is 0.126 e. The molecule has 2 heteroatoms. The van der Waals surface area contributed by atoms with Gasteiger partial charge in [0.1, 0.15) is 5.82 Å². The lowest BCUT2D eigenvalue weighted by Crippen LogP contribution is -2.20. The highest BCUT2D eigenvalue weighted by Crippen LogP contribution is 2.23. The molecule has 0 heterocycles. The normalized spacial score (nSPS) is 16.9. The molecule has 0 aliphatic heterocycles. The van der Waals surface area contributed by atoms with Crippen molar-refractivity contribution in [3.63, 3.8) is 0 Å². The Morgan fingerprint density at radius 1 is 1.31 bits per heavy atom. The second-order valence-corrected chi connectivity index (χ2v) is 4.86. The summed E-state index contributed by atoms with van der Waals surface area (Å²) >= 11 is 0. The highest BCUT2D eigenvalue weighted by atomic mass is 19.1. The number of aryl methyl sites for hydroxylation is 1. The second-order valence-electron chi connectivity index (χ2n) is 4.86. The first-order valence-electron chi connectivity index (χ1n) is 6.21. The van der Waals surface area contributed by atoms with Crippen LogP contribution in [0.3, 0.4) is 0 Å². The van der Waals surface area contributed by atoms with E-state index in [1.165, 1.54) is 25.7 Å². The molecule has 1 N–H and O–H groups in total. The summed E-state index contributed by atoms with van der Waals surface area (Å²) in [7, 11) is 0. The molecule has 0 amide bonds. The van der Waals surface area contributed by atoms with Crippen molar-refractivity contribution in [2.75, 3.05) is 6.54 Å². The van der Waals surface area contributed by atoms with Crippen molar-refractivity contribution < 1.29 is 4.39 Å². The SMILES string of the molecule is Cc1ccc(CNCC2CCCC2)cc1F. The van der Waals surface area contributed by atoms with Crippen LogP contribution in [0.4, 0.5) is 4.39 Å². The highest BCUT2D eigenvalue weighted by molar-refractivity contribution is 5.23. The molecule has 88 valence electrons. The molecule has 0 saturated heterocycles. The van der Waals surface area contributed by atoms with Crippen LogP contribution in [0.15, 0.2) is 18.2 Å². The molecule has 1 aromatic carbocycles. The van der Waals surface area contributed by atoms with Gasteiger partial charge in [-0.25, -0.2) is 4.39 Å². The standard InChI is InChI=1S/C14H20FN/c1-11-6-7-13(8-14(11)15)10-16-9-12-4-2-3-5-12/h6-8,12,16H,2-5,9-10H2,1H3. The minimum absolute atomic E-state index is 0.0971. The average Bonchev–Trinajstić information content (AvgIpc) is 2.76. The van der Waals surface area contributed by atoms with E-state index in [1.54, 1.807) is 13.0 Å². The van der Waals surface area contributed by atoms with Gasteiger partial charge in [-0.2, -0.15) is 0 Å². The largest absolute Gasteiger partial charge is 0.312 e. The van der Waals surface area contributed by atoms with Gasteiger partial charge in [-0.3, -0.25) is 0 Å². The molecule has 2 rings (SSSR count). The Morgan fingerprint density at radius 2 is 2.06 bits per heavy atom. The predicted molar refractivity (Wildman–Crippen MR) is 64.8 cm³/mol. The summed E-state index contributed by atoms with van der Waals surface area (Å²) < 4.78 is 13.3. The monoisotopic (exact) mass is 221 g/mol. The summed E-state index contributed by atoms with van der Waals surface area (Å²) in [5.41, 5.74) is 1.76. The van der Waals surface area contributed by atoms with E-state index in [0.717, 1.165) is 30.1 Å². The minimum atomic E-state index is -0.0971. The zero-order chi connectivity index (χ0) is 11.4. The van der Waals surface area contributed by atoms with E-state index in [0.29, 0.717) is 0 Å². The van der Waals surface area contributed by atoms with Crippen LogP contribution in [0.1, 0.15) is 36.8 Å². The number of hydrogen-bond donors (Lipinski definition) is 1. The van der Waals surface area contributed by atoms with Crippen LogP contribution in [0, 0.1) is 18.7 Å². The highest BCUT2D eigenvalue weighted by Gasteiger charge is 2.13. The number of halogens is 1. The van der Waals surface area contributed by atoms with Crippen molar-refractivity contribution in [1.82, 2.24) is 5.32 Å². The molecule has 0 aromatic heterocycles. The molecule has 1 saturated carbocycles. The number of nitrogens with one attached hydrogen (secondary N) is 1. The lowest BCUT2D eigenvalue weighted by Gasteiger charge is -2.10. The predicted octanol–water partition coefficient (Wildman–Crippen LogP) is 3.41. The Labute approximate surface area is 97.1 Å². The molecule has 1 nitrogen and oxygen atoms in total. The molecule has 1 aromatic rings. The van der Waals surface area contributed by atoms with Crippen LogP contribution in [-0.2, 0) is 6.54 Å². The minimum Gasteiger partial charge on any atom is -0.312 e. The Hall–Kier alpha value is -0.890. The Kier molecular flexibility index (Phi) is 3.94. The van der Waals surface area contributed by atoms with Gasteiger partial charge in [0.2, 0.25) is 0 Å². The molecular weight excluding hydrogens is 201 g/mol. The van der Waals surface area contributed by atoms with Gasteiger partial charge in [0.05, 0.1) is 0 Å². The molecule has 16 heavy (non-hydrogen) atoms. The Morgan fingerprint density at radius 3 is 2.75 bits per heavy atom. The molecular formula is C14H20FN. The molecule has 1 aliphatic carbocycles. The van der Waals surface area contributed by atoms with Crippen LogP contribution in [0.25, 0.3) is 0 Å². The topological polar surface area (TPSA) is 12.0 Å². The van der Waals surface area contributed by atoms with E-state index >= 15 is 0 Å². The third kappa shape index (κ3) is 3.05. The quantitative estimate of drug-likeness (QED) is 0.821. The molecule has 0 unspecified atom stereocenters. The van der Waals surface area contributed by atoms with Gasteiger partial charge >= 0.3 is 0 Å². The Bertz CT molecular complexity index is 343. The summed E-state index contributed by atoms with van der Waals surface area (Å²) in [5, 5.41) is 3.42. The third-order valence-electron chi connectivity index (χ3n) is 3.47. The number of benzene rings is 1. The van der Waals surface area contributed by atoms with E-state index < -0.39 is 0 Å². The van der Waals surface area contributed by atoms with E-state index in [2.05, 4.69) is 5.32 Å². The van der Waals surface area contributed by atoms with Gasteiger partial charge in [0, 0.05) is 6.54 Å². The molecule has 0 atom stereocenters. The van der Waals surface area contributed by atoms with Gasteiger partial charge in [-0.15, -0.1) is 0 Å². The first-order chi connectivity index (χ1) is 7.75. The number of rotatable bonds is 4. The van der Waals surface area contributed by atoms with Gasteiger partial charge in [-0.1, -0.05) is 25.0 Å². The van der Waals surface area contributed by atoms with Crippen molar-refractivity contribution in [2.24, 2.45) is 5.92 Å². The summed E-state index contributed by atoms with van der Waals surface area (Å²) in [4.78, 5) is 0.